The van der Waals surface area contributed by atoms with Crippen molar-refractivity contribution in [1.29, 1.82) is 0 Å². The lowest BCUT2D eigenvalue weighted by Crippen LogP contribution is -2.53. The van der Waals surface area contributed by atoms with E-state index >= 15 is 0 Å². The Morgan fingerprint density at radius 1 is 0.976 bits per heavy atom. The Morgan fingerprint density at radius 3 is 2.00 bits per heavy atom. The van der Waals surface area contributed by atoms with E-state index in [-0.39, 0.29) is 18.4 Å². The maximum atomic E-state index is 13.3. The van der Waals surface area contributed by atoms with E-state index in [9.17, 15) is 24.3 Å². The van der Waals surface area contributed by atoms with Gasteiger partial charge >= 0.3 is 24.1 Å². The molecule has 2 amide bonds. The summed E-state index contributed by atoms with van der Waals surface area (Å²) in [6.07, 6.45) is -2.38. The van der Waals surface area contributed by atoms with E-state index in [1.165, 1.54) is 18.9 Å². The number of aliphatic carboxylic acids is 1. The first-order valence-corrected chi connectivity index (χ1v) is 13.8. The van der Waals surface area contributed by atoms with Gasteiger partial charge in [-0.2, -0.15) is 0 Å². The largest absolute Gasteiger partial charge is 0.480 e. The summed E-state index contributed by atoms with van der Waals surface area (Å²) in [5.74, 6) is -2.69. The van der Waals surface area contributed by atoms with Gasteiger partial charge in [-0.15, -0.1) is 0 Å². The zero-order valence-electron chi connectivity index (χ0n) is 24.7. The second-order valence-corrected chi connectivity index (χ2v) is 11.3. The van der Waals surface area contributed by atoms with Crippen LogP contribution in [-0.4, -0.2) is 71.6 Å². The van der Waals surface area contributed by atoms with Crippen LogP contribution in [0.4, 0.5) is 9.59 Å². The number of carbonyl (C=O) groups is 4. The van der Waals surface area contributed by atoms with Gasteiger partial charge in [-0.3, -0.25) is 4.90 Å². The summed E-state index contributed by atoms with van der Waals surface area (Å²) in [4.78, 5) is 51.8. The average molecular weight is 569 g/mol. The Bertz CT molecular complexity index is 1230. The van der Waals surface area contributed by atoms with Gasteiger partial charge in [0.05, 0.1) is 0 Å². The number of carboxylic acids is 1. The SMILES string of the molecule is CC[C@H](C)C(C(=O)O[C@H](C)[C@@H](NC(=O)OC(C)(C)C)C(=O)O)N(C)C(=O)OCC1c2ccccc2-c2ccccc21. The molecule has 2 N–H and O–H groups in total. The smallest absolute Gasteiger partial charge is 0.410 e. The lowest BCUT2D eigenvalue weighted by Gasteiger charge is -2.32. The molecule has 41 heavy (non-hydrogen) atoms. The first-order valence-electron chi connectivity index (χ1n) is 13.8. The molecule has 2 aromatic carbocycles. The molecule has 0 saturated carbocycles. The third kappa shape index (κ3) is 7.56. The van der Waals surface area contributed by atoms with Gasteiger partial charge in [0, 0.05) is 13.0 Å². The van der Waals surface area contributed by atoms with Crippen molar-refractivity contribution in [2.24, 2.45) is 5.92 Å². The highest BCUT2D eigenvalue weighted by Crippen LogP contribution is 2.44. The Morgan fingerprint density at radius 2 is 1.51 bits per heavy atom. The standard InChI is InChI=1S/C31H40N2O8/c1-8-18(2)26(28(36)40-19(3)25(27(34)35)32-29(37)41-31(4,5)6)33(7)30(38)39-17-24-22-15-11-9-13-20(22)21-14-10-12-16-23(21)24/h9-16,18-19,24-26H,8,17H2,1-7H3,(H,32,37)(H,34,35)/t18-,19+,25+,26?/m0/s1. The van der Waals surface area contributed by atoms with Gasteiger partial charge in [0.25, 0.3) is 0 Å². The fraction of sp³-hybridized carbons (Fsp3) is 0.484. The van der Waals surface area contributed by atoms with Crippen molar-refractivity contribution in [3.05, 3.63) is 59.7 Å². The number of carboxylic acid groups (broad SMARTS) is 1. The third-order valence-corrected chi connectivity index (χ3v) is 7.18. The Hall–Kier alpha value is -4.08. The molecule has 4 atom stereocenters. The summed E-state index contributed by atoms with van der Waals surface area (Å²) in [5.41, 5.74) is 3.47. The van der Waals surface area contributed by atoms with Crippen LogP contribution in [0.1, 0.15) is 65.0 Å². The van der Waals surface area contributed by atoms with E-state index < -0.39 is 47.9 Å². The molecule has 0 fully saturated rings. The number of carbonyl (C=O) groups excluding carboxylic acids is 3. The number of nitrogens with zero attached hydrogens (tertiary/aromatic N) is 1. The van der Waals surface area contributed by atoms with E-state index in [2.05, 4.69) is 5.32 Å². The molecule has 0 bridgehead atoms. The number of fused-ring (bicyclic) bond motifs is 3. The summed E-state index contributed by atoms with van der Waals surface area (Å²) in [6.45, 7) is 10.0. The molecule has 10 nitrogen and oxygen atoms in total. The number of ether oxygens (including phenoxy) is 3. The van der Waals surface area contributed by atoms with Crippen LogP contribution in [0.3, 0.4) is 0 Å². The molecule has 0 spiro atoms. The van der Waals surface area contributed by atoms with Crippen LogP contribution in [0.5, 0.6) is 0 Å². The maximum absolute atomic E-state index is 13.3. The molecule has 0 radical (unpaired) electrons. The van der Waals surface area contributed by atoms with Crippen LogP contribution in [0.2, 0.25) is 0 Å². The molecule has 2 aromatic rings. The van der Waals surface area contributed by atoms with Crippen LogP contribution >= 0.6 is 0 Å². The first kappa shape index (κ1) is 31.4. The number of alkyl carbamates (subject to hydrolysis) is 1. The van der Waals surface area contributed by atoms with E-state index in [0.717, 1.165) is 22.3 Å². The molecular weight excluding hydrogens is 528 g/mol. The van der Waals surface area contributed by atoms with Crippen molar-refractivity contribution >= 4 is 24.1 Å². The second kappa shape index (κ2) is 13.1. The van der Waals surface area contributed by atoms with Gasteiger partial charge < -0.3 is 24.6 Å². The van der Waals surface area contributed by atoms with Crippen LogP contribution in [-0.2, 0) is 23.8 Å². The van der Waals surface area contributed by atoms with Crippen molar-refractivity contribution in [3.8, 4) is 11.1 Å². The Balaban J connectivity index is 1.70. The molecule has 0 saturated heterocycles. The summed E-state index contributed by atoms with van der Waals surface area (Å²) >= 11 is 0. The van der Waals surface area contributed by atoms with Crippen LogP contribution in [0.25, 0.3) is 11.1 Å². The molecule has 222 valence electrons. The van der Waals surface area contributed by atoms with Gasteiger partial charge in [0.2, 0.25) is 0 Å². The van der Waals surface area contributed by atoms with Crippen LogP contribution in [0.15, 0.2) is 48.5 Å². The summed E-state index contributed by atoms with van der Waals surface area (Å²) < 4.78 is 16.4. The first-order chi connectivity index (χ1) is 19.2. The minimum Gasteiger partial charge on any atom is -0.480 e. The van der Waals surface area contributed by atoms with Gasteiger partial charge in [-0.05, 0) is 55.9 Å². The monoisotopic (exact) mass is 568 g/mol. The summed E-state index contributed by atoms with van der Waals surface area (Å²) in [6, 6.07) is 13.3. The zero-order valence-corrected chi connectivity index (χ0v) is 24.7. The van der Waals surface area contributed by atoms with Crippen molar-refractivity contribution in [1.82, 2.24) is 10.2 Å². The highest BCUT2D eigenvalue weighted by Gasteiger charge is 2.38. The maximum Gasteiger partial charge on any atom is 0.410 e. The lowest BCUT2D eigenvalue weighted by atomic mass is 9.97. The average Bonchev–Trinajstić information content (AvgIpc) is 3.22. The zero-order chi connectivity index (χ0) is 30.5. The Labute approximate surface area is 241 Å². The lowest BCUT2D eigenvalue weighted by molar-refractivity contribution is -0.160. The van der Waals surface area contributed by atoms with Crippen molar-refractivity contribution in [2.75, 3.05) is 13.7 Å². The third-order valence-electron chi connectivity index (χ3n) is 7.18. The minimum atomic E-state index is -1.56. The molecule has 1 aliphatic carbocycles. The van der Waals surface area contributed by atoms with Gasteiger partial charge in [-0.25, -0.2) is 19.2 Å². The molecule has 0 heterocycles. The summed E-state index contributed by atoms with van der Waals surface area (Å²) in [5, 5.41) is 11.9. The number of benzene rings is 2. The molecule has 1 aliphatic rings. The highest BCUT2D eigenvalue weighted by atomic mass is 16.6. The molecule has 0 aromatic heterocycles. The number of esters is 1. The minimum absolute atomic E-state index is 0.0801. The predicted octanol–water partition coefficient (Wildman–Crippen LogP) is 5.19. The fourth-order valence-electron chi connectivity index (χ4n) is 4.94. The van der Waals surface area contributed by atoms with Crippen molar-refractivity contribution in [2.45, 2.75) is 77.7 Å². The Kier molecular flexibility index (Phi) is 10.0. The number of hydrogen-bond donors (Lipinski definition) is 2. The van der Waals surface area contributed by atoms with E-state index in [0.29, 0.717) is 6.42 Å². The van der Waals surface area contributed by atoms with Crippen molar-refractivity contribution < 1.29 is 38.5 Å². The predicted molar refractivity (Wildman–Crippen MR) is 152 cm³/mol. The number of likely N-dealkylation sites (N-methyl/N-ethyl adjacent to an activating group) is 1. The van der Waals surface area contributed by atoms with Crippen LogP contribution < -0.4 is 5.32 Å². The molecule has 10 heteroatoms. The molecule has 0 aliphatic heterocycles. The van der Waals surface area contributed by atoms with Crippen molar-refractivity contribution in [3.63, 3.8) is 0 Å². The highest BCUT2D eigenvalue weighted by molar-refractivity contribution is 5.84. The molecule has 3 rings (SSSR count). The normalized spacial score (nSPS) is 15.4. The van der Waals surface area contributed by atoms with Gasteiger partial charge in [0.15, 0.2) is 6.04 Å². The van der Waals surface area contributed by atoms with E-state index in [1.807, 2.05) is 55.5 Å². The van der Waals surface area contributed by atoms with E-state index in [1.54, 1.807) is 27.7 Å². The van der Waals surface area contributed by atoms with Gasteiger partial charge in [0.1, 0.15) is 24.4 Å². The molecular formula is C31H40N2O8. The van der Waals surface area contributed by atoms with E-state index in [4.69, 9.17) is 14.2 Å². The number of amides is 2. The van der Waals surface area contributed by atoms with Gasteiger partial charge in [-0.1, -0.05) is 68.8 Å². The topological polar surface area (TPSA) is 131 Å². The second-order valence-electron chi connectivity index (χ2n) is 11.3. The molecule has 1 unspecified atom stereocenters. The van der Waals surface area contributed by atoms with Crippen LogP contribution in [0, 0.1) is 5.92 Å². The number of hydrogen-bond acceptors (Lipinski definition) is 7. The number of nitrogens with one attached hydrogen (secondary N) is 1. The number of rotatable bonds is 10. The summed E-state index contributed by atoms with van der Waals surface area (Å²) in [7, 11) is 1.45. The quantitative estimate of drug-likeness (QED) is 0.296. The fourth-order valence-corrected chi connectivity index (χ4v) is 4.94.